The summed E-state index contributed by atoms with van der Waals surface area (Å²) in [6.07, 6.45) is 1.23. The van der Waals surface area contributed by atoms with Gasteiger partial charge in [0.2, 0.25) is 0 Å². The number of ketones is 1. The largest absolute Gasteiger partial charge is 0.458 e. The van der Waals surface area contributed by atoms with Crippen molar-refractivity contribution in [3.8, 4) is 0 Å². The molecule has 15 atom stereocenters. The fraction of sp³-hybridized carbons (Fsp3) is 0.867. The third-order valence-corrected chi connectivity index (χ3v) is 12.4. The van der Waals surface area contributed by atoms with Crippen LogP contribution in [-0.4, -0.2) is 95.4 Å². The Kier molecular flexibility index (Phi) is 6.21. The molecule has 40 heavy (non-hydrogen) atoms. The zero-order valence-corrected chi connectivity index (χ0v) is 23.7. The van der Waals surface area contributed by atoms with Crippen molar-refractivity contribution >= 4 is 11.8 Å². The molecule has 3 heterocycles. The van der Waals surface area contributed by atoms with Crippen molar-refractivity contribution in [2.75, 3.05) is 13.7 Å². The Balaban J connectivity index is 1.15. The maximum atomic E-state index is 14.2. The maximum Gasteiger partial charge on any atom is 0.331 e. The Morgan fingerprint density at radius 2 is 1.82 bits per heavy atom. The first-order valence-electron chi connectivity index (χ1n) is 14.9. The Bertz CT molecular complexity index is 1120. The van der Waals surface area contributed by atoms with Gasteiger partial charge >= 0.3 is 5.97 Å². The van der Waals surface area contributed by atoms with Crippen molar-refractivity contribution in [2.24, 2.45) is 34.5 Å². The molecule has 4 saturated carbocycles. The first kappa shape index (κ1) is 27.4. The number of rotatable bonds is 4. The molecule has 0 aromatic heterocycles. The lowest BCUT2D eigenvalue weighted by Crippen LogP contribution is -2.72. The normalized spacial score (nSPS) is 56.9. The first-order valence-corrected chi connectivity index (χ1v) is 14.9. The molecular weight excluding hydrogens is 520 g/mol. The number of methoxy groups -OCH3 is 1. The summed E-state index contributed by atoms with van der Waals surface area (Å²) >= 11 is 0. The second-order valence-electron chi connectivity index (χ2n) is 13.9. The molecule has 7 rings (SSSR count). The molecule has 3 aliphatic heterocycles. The molecule has 10 heteroatoms. The number of fused-ring (bicyclic) bond motifs is 2. The van der Waals surface area contributed by atoms with Gasteiger partial charge in [-0.25, -0.2) is 4.79 Å². The fourth-order valence-electron chi connectivity index (χ4n) is 10.3. The number of aliphatic hydroxyl groups excluding tert-OH is 2. The minimum absolute atomic E-state index is 0.0681. The lowest BCUT2D eigenvalue weighted by atomic mass is 9.42. The van der Waals surface area contributed by atoms with E-state index in [2.05, 4.69) is 6.92 Å². The van der Waals surface area contributed by atoms with Gasteiger partial charge in [0.25, 0.3) is 0 Å². The highest BCUT2D eigenvalue weighted by atomic mass is 16.7. The monoisotopic (exact) mass is 562 g/mol. The number of ether oxygens (including phenoxy) is 5. The number of hydrogen-bond donors (Lipinski definition) is 3. The molecule has 4 aliphatic carbocycles. The average Bonchev–Trinajstić information content (AvgIpc) is 3.53. The van der Waals surface area contributed by atoms with Crippen LogP contribution in [0.3, 0.4) is 0 Å². The van der Waals surface area contributed by atoms with E-state index in [9.17, 15) is 24.9 Å². The molecule has 0 amide bonds. The molecule has 0 radical (unpaired) electrons. The van der Waals surface area contributed by atoms with E-state index >= 15 is 0 Å². The van der Waals surface area contributed by atoms with Gasteiger partial charge in [-0.05, 0) is 62.9 Å². The third kappa shape index (κ3) is 3.41. The summed E-state index contributed by atoms with van der Waals surface area (Å²) in [5.74, 6) is -1.86. The van der Waals surface area contributed by atoms with Crippen LogP contribution in [0.1, 0.15) is 59.3 Å². The molecule has 0 bridgehead atoms. The molecule has 0 spiro atoms. The summed E-state index contributed by atoms with van der Waals surface area (Å²) in [6, 6.07) is 0. The summed E-state index contributed by atoms with van der Waals surface area (Å²) in [4.78, 5) is 26.0. The number of aliphatic hydroxyl groups is 3. The van der Waals surface area contributed by atoms with Gasteiger partial charge in [0.05, 0.1) is 35.9 Å². The summed E-state index contributed by atoms with van der Waals surface area (Å²) in [5, 5.41) is 34.6. The highest BCUT2D eigenvalue weighted by Gasteiger charge is 2.81. The van der Waals surface area contributed by atoms with E-state index in [1.807, 2.05) is 6.92 Å². The fourth-order valence-corrected chi connectivity index (χ4v) is 10.3. The van der Waals surface area contributed by atoms with Crippen molar-refractivity contribution in [2.45, 2.75) is 114 Å². The SMILES string of the molecule is COC1CC(OC2CCC3(C)C(C2)C[C@H]2O[C@H]4CC(C5=CC(=O)OC5)C5(C)C(=O)C(O)C3C2C45O)OC(C)C1O. The minimum atomic E-state index is -1.42. The summed E-state index contributed by atoms with van der Waals surface area (Å²) in [7, 11) is 1.58. The summed E-state index contributed by atoms with van der Waals surface area (Å²) in [6.45, 7) is 5.86. The van der Waals surface area contributed by atoms with Crippen molar-refractivity contribution in [1.29, 1.82) is 0 Å². The molecular formula is C30H42O10. The molecule has 10 nitrogen and oxygen atoms in total. The van der Waals surface area contributed by atoms with Crippen LogP contribution in [-0.2, 0) is 33.3 Å². The number of carbonyl (C=O) groups is 2. The number of esters is 1. The van der Waals surface area contributed by atoms with Crippen molar-refractivity contribution in [1.82, 2.24) is 0 Å². The minimum Gasteiger partial charge on any atom is -0.458 e. The molecule has 13 unspecified atom stereocenters. The van der Waals surface area contributed by atoms with Gasteiger partial charge in [-0.2, -0.15) is 0 Å². The number of carbonyl (C=O) groups excluding carboxylic acids is 2. The number of hydrogen-bond acceptors (Lipinski definition) is 10. The van der Waals surface area contributed by atoms with E-state index in [-0.39, 0.29) is 48.0 Å². The summed E-state index contributed by atoms with van der Waals surface area (Å²) < 4.78 is 29.6. The van der Waals surface area contributed by atoms with E-state index in [0.29, 0.717) is 18.4 Å². The van der Waals surface area contributed by atoms with E-state index in [0.717, 1.165) is 25.7 Å². The molecule has 222 valence electrons. The topological polar surface area (TPSA) is 141 Å². The van der Waals surface area contributed by atoms with Gasteiger partial charge in [-0.3, -0.25) is 4.79 Å². The summed E-state index contributed by atoms with van der Waals surface area (Å²) in [5.41, 5.74) is -2.34. The van der Waals surface area contributed by atoms with Crippen molar-refractivity contribution in [3.05, 3.63) is 11.6 Å². The smallest absolute Gasteiger partial charge is 0.331 e. The van der Waals surface area contributed by atoms with E-state index < -0.39 is 59.5 Å². The van der Waals surface area contributed by atoms with Crippen molar-refractivity contribution in [3.63, 3.8) is 0 Å². The van der Waals surface area contributed by atoms with Gasteiger partial charge in [0.1, 0.15) is 24.4 Å². The van der Waals surface area contributed by atoms with Gasteiger partial charge in [-0.15, -0.1) is 0 Å². The Morgan fingerprint density at radius 1 is 1.05 bits per heavy atom. The second kappa shape index (κ2) is 9.05. The Labute approximate surface area is 234 Å². The molecule has 2 saturated heterocycles. The van der Waals surface area contributed by atoms with E-state index in [1.54, 1.807) is 14.0 Å². The standard InChI is InChI=1S/C30H42O10/c1-13-25(32)19(36-4)11-22(38-13)39-16-5-6-28(2)15(8-16)9-18-23-24(28)26(33)27(34)29(3)17(14-7-21(31)37-12-14)10-20(40-18)30(23,29)35/h7,13,15-20,22-26,32-33,35H,5-6,8-12H2,1-4H3/t13?,15?,16?,17?,18-,19?,20+,22?,23?,24?,25?,26?,28?,29?,30?/m1/s1. The number of cyclic esters (lactones) is 1. The van der Waals surface area contributed by atoms with Crippen LogP contribution >= 0.6 is 0 Å². The van der Waals surface area contributed by atoms with Crippen LogP contribution in [0.5, 0.6) is 0 Å². The zero-order chi connectivity index (χ0) is 28.4. The quantitative estimate of drug-likeness (QED) is 0.339. The van der Waals surface area contributed by atoms with Gasteiger partial charge in [0.15, 0.2) is 12.1 Å². The number of Topliss-reactive ketones (excluding diaryl/α,β-unsaturated/α-hetero) is 1. The Hall–Kier alpha value is -1.40. The van der Waals surface area contributed by atoms with Gasteiger partial charge in [-0.1, -0.05) is 6.92 Å². The van der Waals surface area contributed by atoms with Crippen LogP contribution in [0.15, 0.2) is 11.6 Å². The lowest BCUT2D eigenvalue weighted by molar-refractivity contribution is -0.274. The third-order valence-electron chi connectivity index (χ3n) is 12.4. The van der Waals surface area contributed by atoms with Gasteiger partial charge < -0.3 is 39.0 Å². The van der Waals surface area contributed by atoms with Crippen LogP contribution in [0, 0.1) is 34.5 Å². The first-order chi connectivity index (χ1) is 18.9. The van der Waals surface area contributed by atoms with Crippen LogP contribution in [0.4, 0.5) is 0 Å². The second-order valence-corrected chi connectivity index (χ2v) is 13.9. The van der Waals surface area contributed by atoms with Crippen LogP contribution in [0.25, 0.3) is 0 Å². The van der Waals surface area contributed by atoms with Crippen molar-refractivity contribution < 1.29 is 48.6 Å². The molecule has 3 N–H and O–H groups in total. The van der Waals surface area contributed by atoms with E-state index in [4.69, 9.17) is 23.7 Å². The highest BCUT2D eigenvalue weighted by Crippen LogP contribution is 2.72. The maximum absolute atomic E-state index is 14.2. The van der Waals surface area contributed by atoms with E-state index in [1.165, 1.54) is 6.08 Å². The van der Waals surface area contributed by atoms with Crippen LogP contribution in [0.2, 0.25) is 0 Å². The predicted molar refractivity (Wildman–Crippen MR) is 138 cm³/mol. The molecule has 0 aromatic carbocycles. The average molecular weight is 563 g/mol. The molecule has 6 fully saturated rings. The molecule has 7 aliphatic rings. The Morgan fingerprint density at radius 3 is 2.52 bits per heavy atom. The predicted octanol–water partition coefficient (Wildman–Crippen LogP) is 1.28. The van der Waals surface area contributed by atoms with Gasteiger partial charge in [0, 0.05) is 37.4 Å². The molecule has 0 aromatic rings. The zero-order valence-electron chi connectivity index (χ0n) is 23.7. The highest BCUT2D eigenvalue weighted by molar-refractivity contribution is 5.94. The lowest BCUT2D eigenvalue weighted by Gasteiger charge is -2.63. The van der Waals surface area contributed by atoms with Crippen LogP contribution < -0.4 is 0 Å².